The third-order valence-electron chi connectivity index (χ3n) is 7.85. The third kappa shape index (κ3) is 6.17. The number of nitrogens with one attached hydrogen (secondary N) is 1. The largest absolute Gasteiger partial charge is 0.495 e. The summed E-state index contributed by atoms with van der Waals surface area (Å²) in [5, 5.41) is 2.92. The number of carbonyl (C=O) groups is 4. The van der Waals surface area contributed by atoms with E-state index in [4.69, 9.17) is 9.47 Å². The van der Waals surface area contributed by atoms with E-state index >= 15 is 0 Å². The Balaban J connectivity index is 1.15. The van der Waals surface area contributed by atoms with Crippen LogP contribution < -0.4 is 15.0 Å². The second-order valence-corrected chi connectivity index (χ2v) is 10.0. The molecule has 1 aromatic carbocycles. The fraction of sp³-hybridized carbons (Fsp3) is 0.630. The van der Waals surface area contributed by atoms with Gasteiger partial charge in [-0.3, -0.25) is 19.3 Å². The molecule has 1 N–H and O–H groups in total. The normalized spacial score (nSPS) is 23.8. The summed E-state index contributed by atoms with van der Waals surface area (Å²) in [6.45, 7) is 3.24. The average Bonchev–Trinajstić information content (AvgIpc) is 2.93. The smallest absolute Gasteiger partial charge is 0.324 e. The van der Waals surface area contributed by atoms with E-state index in [1.54, 1.807) is 7.11 Å². The summed E-state index contributed by atoms with van der Waals surface area (Å²) in [5.74, 6) is 0.00277. The molecule has 2 heterocycles. The van der Waals surface area contributed by atoms with Crippen LogP contribution in [-0.2, 0) is 19.1 Å². The molecule has 0 radical (unpaired) electrons. The summed E-state index contributed by atoms with van der Waals surface area (Å²) in [6.07, 6.45) is 4.23. The number of hydrogen-bond acceptors (Lipinski definition) is 7. The zero-order valence-electron chi connectivity index (χ0n) is 21.8. The van der Waals surface area contributed by atoms with Gasteiger partial charge >= 0.3 is 12.0 Å². The minimum Gasteiger partial charge on any atom is -0.495 e. The van der Waals surface area contributed by atoms with Crippen LogP contribution in [0, 0.1) is 11.8 Å². The molecule has 4 rings (SSSR count). The van der Waals surface area contributed by atoms with Crippen molar-refractivity contribution in [2.75, 3.05) is 51.8 Å². The Labute approximate surface area is 218 Å². The Morgan fingerprint density at radius 1 is 1.00 bits per heavy atom. The molecule has 3 fully saturated rings. The summed E-state index contributed by atoms with van der Waals surface area (Å²) in [7, 11) is 3.03. The Morgan fingerprint density at radius 2 is 1.76 bits per heavy atom. The summed E-state index contributed by atoms with van der Waals surface area (Å²) in [6, 6.07) is 7.23. The lowest BCUT2D eigenvalue weighted by Gasteiger charge is -2.41. The summed E-state index contributed by atoms with van der Waals surface area (Å²) in [5.41, 5.74) is 1.05. The number of imide groups is 1. The Hall–Kier alpha value is -3.30. The SMILES string of the molecule is COC(=O)C1CCC2C(=O)N(CCCCCC(=O)N3CCN(c4ccccc4OC)CC3)C(=O)NC2C1. The van der Waals surface area contributed by atoms with Crippen molar-refractivity contribution in [2.45, 2.75) is 51.0 Å². The van der Waals surface area contributed by atoms with E-state index < -0.39 is 0 Å². The topological polar surface area (TPSA) is 108 Å². The molecule has 1 aromatic rings. The maximum absolute atomic E-state index is 12.9. The third-order valence-corrected chi connectivity index (χ3v) is 7.85. The first-order valence-electron chi connectivity index (χ1n) is 13.3. The molecule has 37 heavy (non-hydrogen) atoms. The summed E-state index contributed by atoms with van der Waals surface area (Å²) < 4.78 is 10.3. The molecule has 2 aliphatic heterocycles. The number of methoxy groups -OCH3 is 2. The van der Waals surface area contributed by atoms with Gasteiger partial charge in [0.25, 0.3) is 0 Å². The van der Waals surface area contributed by atoms with Crippen LogP contribution in [0.15, 0.2) is 24.3 Å². The van der Waals surface area contributed by atoms with Gasteiger partial charge in [0, 0.05) is 45.2 Å². The highest BCUT2D eigenvalue weighted by atomic mass is 16.5. The quantitative estimate of drug-likeness (QED) is 0.398. The number of para-hydroxylation sites is 2. The van der Waals surface area contributed by atoms with E-state index in [9.17, 15) is 19.2 Å². The lowest BCUT2D eigenvalue weighted by molar-refractivity contribution is -0.149. The molecule has 2 saturated heterocycles. The number of rotatable bonds is 9. The molecular formula is C27H38N4O6. The molecule has 0 spiro atoms. The fourth-order valence-electron chi connectivity index (χ4n) is 5.72. The number of esters is 1. The van der Waals surface area contributed by atoms with Crippen LogP contribution in [0.1, 0.15) is 44.9 Å². The minimum atomic E-state index is -0.388. The Bertz CT molecular complexity index is 993. The average molecular weight is 515 g/mol. The summed E-state index contributed by atoms with van der Waals surface area (Å²) in [4.78, 5) is 55.5. The van der Waals surface area contributed by atoms with Crippen molar-refractivity contribution in [1.29, 1.82) is 0 Å². The first kappa shape index (κ1) is 26.8. The first-order chi connectivity index (χ1) is 17.9. The second-order valence-electron chi connectivity index (χ2n) is 10.0. The number of amides is 4. The molecule has 1 aliphatic carbocycles. The van der Waals surface area contributed by atoms with Crippen LogP contribution in [0.2, 0.25) is 0 Å². The number of urea groups is 1. The van der Waals surface area contributed by atoms with E-state index in [-0.39, 0.29) is 41.7 Å². The highest BCUT2D eigenvalue weighted by Crippen LogP contribution is 2.34. The van der Waals surface area contributed by atoms with E-state index in [1.165, 1.54) is 12.0 Å². The van der Waals surface area contributed by atoms with Crippen molar-refractivity contribution >= 4 is 29.5 Å². The monoisotopic (exact) mass is 514 g/mol. The van der Waals surface area contributed by atoms with Crippen molar-refractivity contribution in [1.82, 2.24) is 15.1 Å². The van der Waals surface area contributed by atoms with Gasteiger partial charge in [-0.15, -0.1) is 0 Å². The van der Waals surface area contributed by atoms with Gasteiger partial charge in [-0.05, 0) is 44.2 Å². The number of ether oxygens (including phenoxy) is 2. The molecule has 10 nitrogen and oxygen atoms in total. The van der Waals surface area contributed by atoms with Crippen molar-refractivity contribution in [3.8, 4) is 5.75 Å². The second kappa shape index (κ2) is 12.3. The van der Waals surface area contributed by atoms with Gasteiger partial charge in [0.15, 0.2) is 0 Å². The molecular weight excluding hydrogens is 476 g/mol. The van der Waals surface area contributed by atoms with E-state index in [0.29, 0.717) is 51.7 Å². The number of hydrogen-bond donors (Lipinski definition) is 1. The van der Waals surface area contributed by atoms with Gasteiger partial charge < -0.3 is 24.6 Å². The van der Waals surface area contributed by atoms with Crippen molar-refractivity contribution in [3.63, 3.8) is 0 Å². The lowest BCUT2D eigenvalue weighted by atomic mass is 9.76. The van der Waals surface area contributed by atoms with Gasteiger partial charge in [0.2, 0.25) is 11.8 Å². The fourth-order valence-corrected chi connectivity index (χ4v) is 5.72. The van der Waals surface area contributed by atoms with Crippen LogP contribution in [0.3, 0.4) is 0 Å². The number of anilines is 1. The first-order valence-corrected chi connectivity index (χ1v) is 13.3. The van der Waals surface area contributed by atoms with E-state index in [1.807, 2.05) is 29.2 Å². The predicted molar refractivity (Wildman–Crippen MR) is 137 cm³/mol. The van der Waals surface area contributed by atoms with Crippen LogP contribution in [0.25, 0.3) is 0 Å². The van der Waals surface area contributed by atoms with Crippen molar-refractivity contribution < 1.29 is 28.7 Å². The highest BCUT2D eigenvalue weighted by molar-refractivity contribution is 5.98. The van der Waals surface area contributed by atoms with Crippen molar-refractivity contribution in [2.24, 2.45) is 11.8 Å². The number of carbonyl (C=O) groups excluding carboxylic acids is 4. The maximum atomic E-state index is 12.9. The number of benzene rings is 1. The minimum absolute atomic E-state index is 0.150. The van der Waals surface area contributed by atoms with Crippen LogP contribution in [0.4, 0.5) is 10.5 Å². The van der Waals surface area contributed by atoms with Crippen LogP contribution >= 0.6 is 0 Å². The van der Waals surface area contributed by atoms with Gasteiger partial charge in [-0.25, -0.2) is 4.79 Å². The van der Waals surface area contributed by atoms with Crippen molar-refractivity contribution in [3.05, 3.63) is 24.3 Å². The lowest BCUT2D eigenvalue weighted by Crippen LogP contribution is -2.61. The van der Waals surface area contributed by atoms with Crippen LogP contribution in [-0.4, -0.2) is 86.6 Å². The van der Waals surface area contributed by atoms with Gasteiger partial charge in [-0.2, -0.15) is 0 Å². The van der Waals surface area contributed by atoms with E-state index in [0.717, 1.165) is 37.4 Å². The van der Waals surface area contributed by atoms with Crippen LogP contribution in [0.5, 0.6) is 5.75 Å². The van der Waals surface area contributed by atoms with Gasteiger partial charge in [-0.1, -0.05) is 18.6 Å². The molecule has 202 valence electrons. The molecule has 4 amide bonds. The molecule has 3 atom stereocenters. The Kier molecular flexibility index (Phi) is 8.89. The number of unbranched alkanes of at least 4 members (excludes halogenated alkanes) is 2. The number of fused-ring (bicyclic) bond motifs is 1. The zero-order valence-corrected chi connectivity index (χ0v) is 21.8. The zero-order chi connectivity index (χ0) is 26.4. The van der Waals surface area contributed by atoms with Gasteiger partial charge in [0.1, 0.15) is 5.75 Å². The number of piperazine rings is 1. The summed E-state index contributed by atoms with van der Waals surface area (Å²) >= 11 is 0. The van der Waals surface area contributed by atoms with E-state index in [2.05, 4.69) is 10.2 Å². The Morgan fingerprint density at radius 3 is 2.49 bits per heavy atom. The van der Waals surface area contributed by atoms with Gasteiger partial charge in [0.05, 0.1) is 31.7 Å². The molecule has 0 bridgehead atoms. The molecule has 10 heteroatoms. The molecule has 0 aromatic heterocycles. The maximum Gasteiger partial charge on any atom is 0.324 e. The standard InChI is InChI=1S/C27H38N4O6/c1-36-23-9-6-5-8-22(23)29-14-16-30(17-15-29)24(32)10-4-3-7-13-31-25(33)20-12-11-19(26(34)37-2)18-21(20)28-27(31)35/h5-6,8-9,19-21H,3-4,7,10-18H2,1-2H3,(H,28,35). The highest BCUT2D eigenvalue weighted by Gasteiger charge is 2.45. The number of nitrogens with zero attached hydrogens (tertiary/aromatic N) is 3. The molecule has 1 saturated carbocycles. The molecule has 3 unspecified atom stereocenters. The predicted octanol–water partition coefficient (Wildman–Crippen LogP) is 2.41. The molecule has 3 aliphatic rings.